The van der Waals surface area contributed by atoms with Crippen molar-refractivity contribution < 1.29 is 4.74 Å². The Morgan fingerprint density at radius 2 is 1.86 bits per heavy atom. The fourth-order valence-electron chi connectivity index (χ4n) is 3.32. The molecule has 0 unspecified atom stereocenters. The first-order valence-electron chi connectivity index (χ1n) is 7.19. The molecule has 4 heteroatoms. The van der Waals surface area contributed by atoms with Gasteiger partial charge in [-0.25, -0.2) is 0 Å². The van der Waals surface area contributed by atoms with Crippen LogP contribution in [0.3, 0.4) is 0 Å². The average Bonchev–Trinajstić information content (AvgIpc) is 2.89. The molecule has 1 N–H and O–H groups in total. The predicted molar refractivity (Wildman–Crippen MR) is 89.8 cm³/mol. The molecule has 0 aliphatic rings. The van der Waals surface area contributed by atoms with E-state index in [9.17, 15) is 4.79 Å². The molecule has 2 aromatic carbocycles. The second-order valence-corrected chi connectivity index (χ2v) is 5.62. The summed E-state index contributed by atoms with van der Waals surface area (Å²) >= 11 is 0. The molecule has 0 spiro atoms. The number of methoxy groups -OCH3 is 1. The van der Waals surface area contributed by atoms with Gasteiger partial charge in [0.15, 0.2) is 0 Å². The van der Waals surface area contributed by atoms with Crippen LogP contribution < -0.4 is 10.3 Å². The molecule has 0 saturated heterocycles. The molecule has 2 heterocycles. The van der Waals surface area contributed by atoms with Crippen LogP contribution in [0.1, 0.15) is 5.56 Å². The van der Waals surface area contributed by atoms with Crippen molar-refractivity contribution in [2.75, 3.05) is 7.11 Å². The van der Waals surface area contributed by atoms with Crippen LogP contribution in [-0.2, 0) is 7.05 Å². The third kappa shape index (κ3) is 1.55. The van der Waals surface area contributed by atoms with Crippen molar-refractivity contribution >= 4 is 32.7 Å². The minimum absolute atomic E-state index is 0.0255. The summed E-state index contributed by atoms with van der Waals surface area (Å²) in [6, 6.07) is 11.9. The largest absolute Gasteiger partial charge is 0.494 e. The molecule has 2 aromatic heterocycles. The minimum Gasteiger partial charge on any atom is -0.494 e. The maximum atomic E-state index is 12.2. The van der Waals surface area contributed by atoms with E-state index in [1.165, 1.54) is 0 Å². The Morgan fingerprint density at radius 1 is 1.09 bits per heavy atom. The molecule has 0 radical (unpaired) electrons. The summed E-state index contributed by atoms with van der Waals surface area (Å²) in [6.45, 7) is 1.98. The number of rotatable bonds is 1. The van der Waals surface area contributed by atoms with Crippen molar-refractivity contribution in [2.45, 2.75) is 6.92 Å². The van der Waals surface area contributed by atoms with Crippen LogP contribution in [0.25, 0.3) is 32.7 Å². The molecule has 110 valence electrons. The number of fused-ring (bicyclic) bond motifs is 5. The standard InChI is InChI=1S/C18H16N2O2/c1-10-8-15(21)20(2)18-14(22-3)9-13-17(16(10)18)11-6-4-5-7-12(11)19-13/h4-9,19H,1-3H3. The lowest BCUT2D eigenvalue weighted by atomic mass is 10.0. The highest BCUT2D eigenvalue weighted by Crippen LogP contribution is 2.38. The molecular formula is C18H16N2O2. The number of H-pyrrole nitrogens is 1. The monoisotopic (exact) mass is 292 g/mol. The van der Waals surface area contributed by atoms with Gasteiger partial charge in [0.1, 0.15) is 5.75 Å². The highest BCUT2D eigenvalue weighted by molar-refractivity contribution is 6.21. The maximum Gasteiger partial charge on any atom is 0.251 e. The van der Waals surface area contributed by atoms with E-state index >= 15 is 0 Å². The lowest BCUT2D eigenvalue weighted by molar-refractivity contribution is 0.418. The van der Waals surface area contributed by atoms with Crippen molar-refractivity contribution in [3.8, 4) is 5.75 Å². The second kappa shape index (κ2) is 4.37. The Morgan fingerprint density at radius 3 is 2.64 bits per heavy atom. The SMILES string of the molecule is COc1cc2[nH]c3ccccc3c2c2c(C)cc(=O)n(C)c12. The number of aromatic nitrogens is 2. The lowest BCUT2D eigenvalue weighted by Gasteiger charge is -2.13. The fraction of sp³-hybridized carbons (Fsp3) is 0.167. The van der Waals surface area contributed by atoms with Gasteiger partial charge >= 0.3 is 0 Å². The van der Waals surface area contributed by atoms with Crippen LogP contribution in [0.2, 0.25) is 0 Å². The number of nitrogens with zero attached hydrogens (tertiary/aromatic N) is 1. The number of aromatic amines is 1. The van der Waals surface area contributed by atoms with E-state index < -0.39 is 0 Å². The first-order chi connectivity index (χ1) is 10.6. The van der Waals surface area contributed by atoms with Crippen LogP contribution in [-0.4, -0.2) is 16.7 Å². The van der Waals surface area contributed by atoms with Gasteiger partial charge in [0, 0.05) is 40.9 Å². The van der Waals surface area contributed by atoms with Crippen molar-refractivity contribution in [1.29, 1.82) is 0 Å². The summed E-state index contributed by atoms with van der Waals surface area (Å²) in [4.78, 5) is 15.6. The van der Waals surface area contributed by atoms with Gasteiger partial charge in [0.05, 0.1) is 18.1 Å². The van der Waals surface area contributed by atoms with Crippen molar-refractivity contribution in [3.05, 3.63) is 52.3 Å². The Bertz CT molecular complexity index is 1100. The van der Waals surface area contributed by atoms with Gasteiger partial charge in [-0.15, -0.1) is 0 Å². The number of ether oxygens (including phenoxy) is 1. The van der Waals surface area contributed by atoms with E-state index in [2.05, 4.69) is 17.1 Å². The zero-order chi connectivity index (χ0) is 15.4. The molecule has 0 bridgehead atoms. The summed E-state index contributed by atoms with van der Waals surface area (Å²) in [7, 11) is 3.42. The van der Waals surface area contributed by atoms with Gasteiger partial charge in [-0.1, -0.05) is 18.2 Å². The number of pyridine rings is 1. The summed E-state index contributed by atoms with van der Waals surface area (Å²) in [5.74, 6) is 0.706. The summed E-state index contributed by atoms with van der Waals surface area (Å²) in [6.07, 6.45) is 0. The van der Waals surface area contributed by atoms with E-state index in [1.807, 2.05) is 25.1 Å². The van der Waals surface area contributed by atoms with E-state index in [0.29, 0.717) is 5.75 Å². The van der Waals surface area contributed by atoms with Crippen LogP contribution in [0.4, 0.5) is 0 Å². The maximum absolute atomic E-state index is 12.2. The summed E-state index contributed by atoms with van der Waals surface area (Å²) in [5.41, 5.74) is 3.88. The topological polar surface area (TPSA) is 47.0 Å². The highest BCUT2D eigenvalue weighted by Gasteiger charge is 2.16. The summed E-state index contributed by atoms with van der Waals surface area (Å²) < 4.78 is 7.20. The van der Waals surface area contributed by atoms with Gasteiger partial charge < -0.3 is 14.3 Å². The fourth-order valence-corrected chi connectivity index (χ4v) is 3.32. The third-order valence-electron chi connectivity index (χ3n) is 4.35. The number of para-hydroxylation sites is 1. The lowest BCUT2D eigenvalue weighted by Crippen LogP contribution is -2.17. The van der Waals surface area contributed by atoms with Crippen LogP contribution in [0, 0.1) is 6.92 Å². The van der Waals surface area contributed by atoms with Crippen molar-refractivity contribution in [3.63, 3.8) is 0 Å². The zero-order valence-electron chi connectivity index (χ0n) is 12.7. The molecule has 22 heavy (non-hydrogen) atoms. The van der Waals surface area contributed by atoms with Crippen LogP contribution in [0.15, 0.2) is 41.2 Å². The Hall–Kier alpha value is -2.75. The predicted octanol–water partition coefficient (Wildman–Crippen LogP) is 3.49. The molecule has 0 saturated carbocycles. The highest BCUT2D eigenvalue weighted by atomic mass is 16.5. The zero-order valence-corrected chi connectivity index (χ0v) is 12.7. The van der Waals surface area contributed by atoms with Crippen molar-refractivity contribution in [1.82, 2.24) is 9.55 Å². The van der Waals surface area contributed by atoms with Crippen molar-refractivity contribution in [2.24, 2.45) is 7.05 Å². The van der Waals surface area contributed by atoms with Gasteiger partial charge in [-0.05, 0) is 18.6 Å². The molecule has 0 atom stereocenters. The number of hydrogen-bond acceptors (Lipinski definition) is 2. The Balaban J connectivity index is 2.42. The normalized spacial score (nSPS) is 11.6. The number of nitrogens with one attached hydrogen (secondary N) is 1. The molecule has 0 aliphatic heterocycles. The van der Waals surface area contributed by atoms with E-state index in [0.717, 1.165) is 38.3 Å². The Labute approximate surface area is 126 Å². The quantitative estimate of drug-likeness (QED) is 0.584. The van der Waals surface area contributed by atoms with Gasteiger partial charge in [-0.2, -0.15) is 0 Å². The van der Waals surface area contributed by atoms with Gasteiger partial charge in [-0.3, -0.25) is 4.79 Å². The number of aryl methyl sites for hydroxylation is 2. The van der Waals surface area contributed by atoms with Gasteiger partial charge in [0.2, 0.25) is 0 Å². The third-order valence-corrected chi connectivity index (χ3v) is 4.35. The van der Waals surface area contributed by atoms with E-state index in [4.69, 9.17) is 4.74 Å². The van der Waals surface area contributed by atoms with Crippen LogP contribution >= 0.6 is 0 Å². The van der Waals surface area contributed by atoms with E-state index in [1.54, 1.807) is 24.8 Å². The first kappa shape index (κ1) is 13.0. The molecule has 4 rings (SSSR count). The molecule has 0 amide bonds. The van der Waals surface area contributed by atoms with E-state index in [-0.39, 0.29) is 5.56 Å². The van der Waals surface area contributed by atoms with Gasteiger partial charge in [0.25, 0.3) is 5.56 Å². The first-order valence-corrected chi connectivity index (χ1v) is 7.19. The molecule has 0 aliphatic carbocycles. The number of hydrogen-bond donors (Lipinski definition) is 1. The minimum atomic E-state index is -0.0255. The molecule has 4 nitrogen and oxygen atoms in total. The van der Waals surface area contributed by atoms with Crippen LogP contribution in [0.5, 0.6) is 5.75 Å². The smallest absolute Gasteiger partial charge is 0.251 e. The second-order valence-electron chi connectivity index (χ2n) is 5.62. The Kier molecular flexibility index (Phi) is 2.57. The molecular weight excluding hydrogens is 276 g/mol. The summed E-state index contributed by atoms with van der Waals surface area (Å²) in [5, 5.41) is 3.36. The molecule has 4 aromatic rings. The molecule has 0 fully saturated rings. The average molecular weight is 292 g/mol. The number of benzene rings is 2.